The Kier molecular flexibility index (Phi) is 2.99. The van der Waals surface area contributed by atoms with Crippen LogP contribution in [0.3, 0.4) is 0 Å². The van der Waals surface area contributed by atoms with Gasteiger partial charge in [0.2, 0.25) is 0 Å². The Bertz CT molecular complexity index is 379. The number of hydrogen-bond donors (Lipinski definition) is 1. The van der Waals surface area contributed by atoms with Crippen LogP contribution in [0.25, 0.3) is 0 Å². The molecular weight excluding hydrogens is 241 g/mol. The second-order valence-electron chi connectivity index (χ2n) is 5.99. The highest BCUT2D eigenvalue weighted by molar-refractivity contribution is 5.82. The van der Waals surface area contributed by atoms with Gasteiger partial charge in [-0.15, -0.1) is 0 Å². The van der Waals surface area contributed by atoms with Crippen LogP contribution in [0.2, 0.25) is 0 Å². The lowest BCUT2D eigenvalue weighted by Gasteiger charge is -2.35. The van der Waals surface area contributed by atoms with Crippen molar-refractivity contribution in [3.8, 4) is 0 Å². The van der Waals surface area contributed by atoms with Crippen LogP contribution in [-0.4, -0.2) is 45.9 Å². The van der Waals surface area contributed by atoms with Crippen molar-refractivity contribution >= 4 is 12.1 Å². The molecule has 0 radical (unpaired) electrons. The zero-order chi connectivity index (χ0) is 13.7. The fourth-order valence-corrected chi connectivity index (χ4v) is 2.86. The predicted molar refractivity (Wildman–Crippen MR) is 60.9 cm³/mol. The number of carboxylic acid groups (broad SMARTS) is 1. The Morgan fingerprint density at radius 2 is 1.94 bits per heavy atom. The van der Waals surface area contributed by atoms with E-state index in [9.17, 15) is 14.0 Å². The monoisotopic (exact) mass is 259 g/mol. The Morgan fingerprint density at radius 1 is 1.33 bits per heavy atom. The van der Waals surface area contributed by atoms with Crippen LogP contribution in [0.1, 0.15) is 33.6 Å². The molecule has 102 valence electrons. The molecule has 2 bridgehead atoms. The molecule has 5 nitrogen and oxygen atoms in total. The molecule has 1 amide bonds. The van der Waals surface area contributed by atoms with Crippen molar-refractivity contribution < 1.29 is 23.8 Å². The molecule has 0 aromatic carbocycles. The van der Waals surface area contributed by atoms with E-state index in [2.05, 4.69) is 0 Å². The number of alkyl halides is 1. The molecule has 1 saturated carbocycles. The van der Waals surface area contributed by atoms with Gasteiger partial charge in [-0.2, -0.15) is 0 Å². The molecule has 1 aliphatic heterocycles. The third-order valence-corrected chi connectivity index (χ3v) is 3.45. The molecule has 0 spiro atoms. The fourth-order valence-electron chi connectivity index (χ4n) is 2.86. The molecule has 2 rings (SSSR count). The molecule has 18 heavy (non-hydrogen) atoms. The first-order chi connectivity index (χ1) is 8.20. The second-order valence-corrected chi connectivity index (χ2v) is 5.99. The summed E-state index contributed by atoms with van der Waals surface area (Å²) in [6.07, 6.45) is -1.24. The Morgan fingerprint density at radius 3 is 2.44 bits per heavy atom. The number of ether oxygens (including phenoxy) is 1. The van der Waals surface area contributed by atoms with E-state index in [1.165, 1.54) is 0 Å². The lowest BCUT2D eigenvalue weighted by Crippen LogP contribution is -2.53. The van der Waals surface area contributed by atoms with Gasteiger partial charge in [0.25, 0.3) is 0 Å². The smallest absolute Gasteiger partial charge is 0.411 e. The van der Waals surface area contributed by atoms with E-state index in [1.807, 2.05) is 0 Å². The minimum absolute atomic E-state index is 0.223. The molecule has 1 aliphatic carbocycles. The van der Waals surface area contributed by atoms with Crippen molar-refractivity contribution in [2.45, 2.75) is 57.5 Å². The number of piperidine rings is 1. The van der Waals surface area contributed by atoms with E-state index in [1.54, 1.807) is 20.8 Å². The van der Waals surface area contributed by atoms with Gasteiger partial charge < -0.3 is 9.84 Å². The van der Waals surface area contributed by atoms with Gasteiger partial charge in [0, 0.05) is 0 Å². The number of aliphatic carboxylic acids is 1. The van der Waals surface area contributed by atoms with Crippen LogP contribution < -0.4 is 0 Å². The van der Waals surface area contributed by atoms with Gasteiger partial charge in [0.15, 0.2) is 0 Å². The first kappa shape index (κ1) is 13.1. The zero-order valence-electron chi connectivity index (χ0n) is 10.7. The molecule has 4 atom stereocenters. The number of rotatable bonds is 1. The third kappa shape index (κ3) is 2.15. The van der Waals surface area contributed by atoms with Crippen LogP contribution in [0, 0.1) is 5.92 Å². The van der Waals surface area contributed by atoms with Crippen molar-refractivity contribution in [1.29, 1.82) is 0 Å². The van der Waals surface area contributed by atoms with Crippen LogP contribution in [-0.2, 0) is 9.53 Å². The van der Waals surface area contributed by atoms with Gasteiger partial charge in [0.05, 0.1) is 6.04 Å². The summed E-state index contributed by atoms with van der Waals surface area (Å²) >= 11 is 0. The van der Waals surface area contributed by atoms with Crippen molar-refractivity contribution in [3.05, 3.63) is 0 Å². The van der Waals surface area contributed by atoms with Crippen LogP contribution in [0.5, 0.6) is 0 Å². The van der Waals surface area contributed by atoms with Gasteiger partial charge in [-0.05, 0) is 39.5 Å². The summed E-state index contributed by atoms with van der Waals surface area (Å²) in [7, 11) is 0. The summed E-state index contributed by atoms with van der Waals surface area (Å²) in [6.45, 7) is 5.09. The van der Waals surface area contributed by atoms with E-state index >= 15 is 0 Å². The van der Waals surface area contributed by atoms with E-state index in [-0.39, 0.29) is 12.3 Å². The summed E-state index contributed by atoms with van der Waals surface area (Å²) in [5, 5.41) is 9.17. The average molecular weight is 259 g/mol. The third-order valence-electron chi connectivity index (χ3n) is 3.45. The summed E-state index contributed by atoms with van der Waals surface area (Å²) in [6, 6.07) is -1.59. The molecular formula is C12H18FNO4. The van der Waals surface area contributed by atoms with Crippen LogP contribution >= 0.6 is 0 Å². The number of amides is 1. The molecule has 0 aromatic heterocycles. The Labute approximate surface area is 105 Å². The van der Waals surface area contributed by atoms with E-state index in [4.69, 9.17) is 9.84 Å². The normalized spacial score (nSPS) is 34.8. The minimum atomic E-state index is -1.14. The molecule has 1 saturated heterocycles. The van der Waals surface area contributed by atoms with Gasteiger partial charge in [0.1, 0.15) is 17.8 Å². The van der Waals surface area contributed by atoms with Gasteiger partial charge >= 0.3 is 12.1 Å². The molecule has 2 fully saturated rings. The van der Waals surface area contributed by atoms with Gasteiger partial charge in [-0.3, -0.25) is 4.90 Å². The maximum absolute atomic E-state index is 13.7. The number of hydrogen-bond acceptors (Lipinski definition) is 3. The maximum atomic E-state index is 13.7. The summed E-state index contributed by atoms with van der Waals surface area (Å²) < 4.78 is 18.8. The van der Waals surface area contributed by atoms with Crippen molar-refractivity contribution in [3.63, 3.8) is 0 Å². The molecule has 1 N–H and O–H groups in total. The van der Waals surface area contributed by atoms with Crippen molar-refractivity contribution in [2.24, 2.45) is 5.92 Å². The second kappa shape index (κ2) is 4.10. The highest BCUT2D eigenvalue weighted by atomic mass is 19.1. The first-order valence-corrected chi connectivity index (χ1v) is 6.09. The molecule has 6 heteroatoms. The number of carbonyl (C=O) groups is 2. The number of nitrogens with zero attached hydrogens (tertiary/aromatic N) is 1. The van der Waals surface area contributed by atoms with Crippen molar-refractivity contribution in [1.82, 2.24) is 4.90 Å². The fraction of sp³-hybridized carbons (Fsp3) is 0.833. The Balaban J connectivity index is 2.19. The number of carbonyl (C=O) groups excluding carboxylic acids is 1. The topological polar surface area (TPSA) is 66.8 Å². The Hall–Kier alpha value is -1.33. The standard InChI is InChI=1S/C12H18FNO4/c1-12(2,3)18-11(17)14-8-5-6(4-7(8)13)9(14)10(15)16/h6-9H,4-5H2,1-3H3,(H,15,16)/t6-,7-,8-,9-/m0/s1. The SMILES string of the molecule is CC(C)(C)OC(=O)N1[C@H](C(=O)O)[C@H]2C[C@H](F)[C@@H]1C2. The predicted octanol–water partition coefficient (Wildman–Crippen LogP) is 1.81. The lowest BCUT2D eigenvalue weighted by molar-refractivity contribution is -0.145. The summed E-state index contributed by atoms with van der Waals surface area (Å²) in [4.78, 5) is 24.3. The number of carboxylic acids is 1. The summed E-state index contributed by atoms with van der Waals surface area (Å²) in [5.74, 6) is -1.38. The highest BCUT2D eigenvalue weighted by Crippen LogP contribution is 2.44. The van der Waals surface area contributed by atoms with Crippen LogP contribution in [0.15, 0.2) is 0 Å². The van der Waals surface area contributed by atoms with E-state index in [0.717, 1.165) is 4.90 Å². The molecule has 0 unspecified atom stereocenters. The van der Waals surface area contributed by atoms with Gasteiger partial charge in [-0.1, -0.05) is 0 Å². The van der Waals surface area contributed by atoms with Crippen LogP contribution in [0.4, 0.5) is 9.18 Å². The highest BCUT2D eigenvalue weighted by Gasteiger charge is 2.57. The first-order valence-electron chi connectivity index (χ1n) is 6.09. The molecule has 0 aromatic rings. The van der Waals surface area contributed by atoms with E-state index in [0.29, 0.717) is 6.42 Å². The maximum Gasteiger partial charge on any atom is 0.411 e. The van der Waals surface area contributed by atoms with Crippen molar-refractivity contribution in [2.75, 3.05) is 0 Å². The molecule has 2 aliphatic rings. The number of halogens is 1. The summed E-state index contributed by atoms with van der Waals surface area (Å²) in [5.41, 5.74) is -0.715. The molecule has 1 heterocycles. The largest absolute Gasteiger partial charge is 0.480 e. The quantitative estimate of drug-likeness (QED) is 0.779. The number of fused-ring (bicyclic) bond motifs is 2. The lowest BCUT2D eigenvalue weighted by atomic mass is 9.98. The average Bonchev–Trinajstić information content (AvgIpc) is 2.69. The zero-order valence-corrected chi connectivity index (χ0v) is 10.7. The van der Waals surface area contributed by atoms with E-state index < -0.39 is 35.9 Å². The number of likely N-dealkylation sites (tertiary alicyclic amines) is 1. The minimum Gasteiger partial charge on any atom is -0.480 e. The van der Waals surface area contributed by atoms with Gasteiger partial charge in [-0.25, -0.2) is 14.0 Å².